The van der Waals surface area contributed by atoms with Crippen molar-refractivity contribution in [1.82, 2.24) is 9.55 Å². The molecule has 1 amide bonds. The van der Waals surface area contributed by atoms with Gasteiger partial charge < -0.3 is 20.5 Å². The van der Waals surface area contributed by atoms with Gasteiger partial charge in [0.25, 0.3) is 11.5 Å². The molecule has 0 atom stereocenters. The molecular weight excluding hydrogens is 376 g/mol. The van der Waals surface area contributed by atoms with E-state index in [1.807, 2.05) is 0 Å². The summed E-state index contributed by atoms with van der Waals surface area (Å²) >= 11 is 0. The van der Waals surface area contributed by atoms with E-state index in [-0.39, 0.29) is 52.9 Å². The third kappa shape index (κ3) is 4.48. The molecule has 4 N–H and O–H groups in total. The van der Waals surface area contributed by atoms with Crippen molar-refractivity contribution in [2.24, 2.45) is 12.8 Å². The number of amides is 1. The first kappa shape index (κ1) is 22.2. The average Bonchev–Trinajstić information content (AvgIpc) is 2.61. The molecule has 0 fully saturated rings. The number of nitrogens with zero attached hydrogens (tertiary/aromatic N) is 2. The molecule has 0 bridgehead atoms. The Bertz CT molecular complexity index is 1080. The number of primary amides is 1. The van der Waals surface area contributed by atoms with Crippen molar-refractivity contribution in [1.29, 1.82) is 0 Å². The molecule has 3 aromatic rings. The molecule has 0 saturated carbocycles. The maximum absolute atomic E-state index is 13.1. The van der Waals surface area contributed by atoms with Crippen molar-refractivity contribution >= 4 is 46.5 Å². The topological polar surface area (TPSA) is 118 Å². The van der Waals surface area contributed by atoms with Crippen molar-refractivity contribution in [3.8, 4) is 0 Å². The van der Waals surface area contributed by atoms with Gasteiger partial charge in [-0.05, 0) is 35.7 Å². The summed E-state index contributed by atoms with van der Waals surface area (Å²) < 4.78 is 14.3. The van der Waals surface area contributed by atoms with Gasteiger partial charge >= 0.3 is 29.6 Å². The first-order valence-electron chi connectivity index (χ1n) is 8.18. The Morgan fingerprint density at radius 1 is 1.25 bits per heavy atom. The average molecular weight is 395 g/mol. The molecule has 0 unspecified atom stereocenters. The van der Waals surface area contributed by atoms with Gasteiger partial charge in [0.05, 0.1) is 11.0 Å². The molecule has 0 radical (unpaired) electrons. The van der Waals surface area contributed by atoms with Crippen LogP contribution in [0.5, 0.6) is 0 Å². The zero-order chi connectivity index (χ0) is 19.7. The summed E-state index contributed by atoms with van der Waals surface area (Å²) in [5.74, 6) is -1.28. The van der Waals surface area contributed by atoms with Crippen molar-refractivity contribution in [3.05, 3.63) is 75.0 Å². The van der Waals surface area contributed by atoms with Crippen LogP contribution < -0.4 is 11.3 Å². The summed E-state index contributed by atoms with van der Waals surface area (Å²) in [7, 11) is 1.49. The molecule has 2 heterocycles. The SMILES string of the molecule is Cn1c(=O)c(C(N)=O)c(CC(O)O)c2ncc(Cc3ccc(F)cc3)cc21.[NaH]. The number of halogens is 1. The molecule has 28 heavy (non-hydrogen) atoms. The van der Waals surface area contributed by atoms with Crippen LogP contribution in [0.4, 0.5) is 4.39 Å². The van der Waals surface area contributed by atoms with Crippen molar-refractivity contribution in [3.63, 3.8) is 0 Å². The Kier molecular flexibility index (Phi) is 7.08. The zero-order valence-corrected chi connectivity index (χ0v) is 14.5. The van der Waals surface area contributed by atoms with Crippen LogP contribution in [0.1, 0.15) is 27.0 Å². The standard InChI is InChI=1S/C19H18FN3O4.Na.H/c1-23-14-7-11(6-10-2-4-12(20)5-3-10)9-22-17(14)13(8-15(24)25)16(18(21)26)19(23)27;;/h2-5,7,9,15,24-25H,6,8H2,1H3,(H2,21,26);;. The molecule has 7 nitrogen and oxygen atoms in total. The quantitative estimate of drug-likeness (QED) is 0.414. The van der Waals surface area contributed by atoms with E-state index in [2.05, 4.69) is 4.98 Å². The first-order valence-corrected chi connectivity index (χ1v) is 8.18. The van der Waals surface area contributed by atoms with Crippen LogP contribution in [0.3, 0.4) is 0 Å². The van der Waals surface area contributed by atoms with E-state index in [0.29, 0.717) is 17.5 Å². The number of hydrogen-bond acceptors (Lipinski definition) is 5. The Labute approximate surface area is 181 Å². The van der Waals surface area contributed by atoms with Gasteiger partial charge in [-0.1, -0.05) is 12.1 Å². The normalized spacial score (nSPS) is 10.9. The summed E-state index contributed by atoms with van der Waals surface area (Å²) in [5.41, 5.74) is 6.84. The predicted octanol–water partition coefficient (Wildman–Crippen LogP) is -0.0330. The molecule has 0 saturated heterocycles. The third-order valence-corrected chi connectivity index (χ3v) is 4.35. The number of aromatic nitrogens is 2. The molecule has 0 aliphatic rings. The van der Waals surface area contributed by atoms with Crippen LogP contribution in [0, 0.1) is 5.82 Å². The summed E-state index contributed by atoms with van der Waals surface area (Å²) in [5, 5.41) is 18.7. The van der Waals surface area contributed by atoms with Crippen molar-refractivity contribution in [2.45, 2.75) is 19.1 Å². The molecular formula is C19H19FN3NaO4. The minimum atomic E-state index is -1.76. The van der Waals surface area contributed by atoms with Gasteiger partial charge in [0.2, 0.25) is 0 Å². The summed E-state index contributed by atoms with van der Waals surface area (Å²) in [6.45, 7) is 0. The molecule has 0 spiro atoms. The van der Waals surface area contributed by atoms with E-state index in [1.165, 1.54) is 23.7 Å². The fourth-order valence-electron chi connectivity index (χ4n) is 3.08. The summed E-state index contributed by atoms with van der Waals surface area (Å²) in [6.07, 6.45) is -0.0878. The number of aryl methyl sites for hydroxylation is 1. The Morgan fingerprint density at radius 3 is 2.46 bits per heavy atom. The predicted molar refractivity (Wildman–Crippen MR) is 104 cm³/mol. The van der Waals surface area contributed by atoms with E-state index < -0.39 is 17.8 Å². The molecule has 0 aliphatic heterocycles. The Hall–Kier alpha value is -2.10. The van der Waals surface area contributed by atoms with Gasteiger partial charge in [0, 0.05) is 25.2 Å². The van der Waals surface area contributed by atoms with E-state index in [9.17, 15) is 24.2 Å². The van der Waals surface area contributed by atoms with Gasteiger partial charge in [-0.15, -0.1) is 0 Å². The van der Waals surface area contributed by atoms with Gasteiger partial charge in [-0.3, -0.25) is 14.6 Å². The molecule has 1 aromatic carbocycles. The fraction of sp³-hybridized carbons (Fsp3) is 0.211. The second kappa shape index (κ2) is 8.93. The molecule has 2 aromatic heterocycles. The number of nitrogens with two attached hydrogens (primary N) is 1. The molecule has 9 heteroatoms. The van der Waals surface area contributed by atoms with E-state index in [1.54, 1.807) is 24.4 Å². The number of pyridine rings is 2. The monoisotopic (exact) mass is 395 g/mol. The van der Waals surface area contributed by atoms with E-state index in [4.69, 9.17) is 5.73 Å². The maximum atomic E-state index is 13.1. The number of rotatable bonds is 5. The van der Waals surface area contributed by atoms with Crippen molar-refractivity contribution in [2.75, 3.05) is 0 Å². The van der Waals surface area contributed by atoms with Crippen LogP contribution in [-0.4, -0.2) is 61.5 Å². The van der Waals surface area contributed by atoms with Crippen molar-refractivity contribution < 1.29 is 19.4 Å². The number of aliphatic hydroxyl groups excluding tert-OH is 1. The fourth-order valence-corrected chi connectivity index (χ4v) is 3.08. The van der Waals surface area contributed by atoms with E-state index in [0.717, 1.165) is 11.1 Å². The third-order valence-electron chi connectivity index (χ3n) is 4.35. The first-order chi connectivity index (χ1) is 12.8. The molecule has 0 aliphatic carbocycles. The van der Waals surface area contributed by atoms with Gasteiger partial charge in [0.1, 0.15) is 11.4 Å². The van der Waals surface area contributed by atoms with Crippen LogP contribution >= 0.6 is 0 Å². The second-order valence-electron chi connectivity index (χ2n) is 6.28. The number of fused-ring (bicyclic) bond motifs is 1. The van der Waals surface area contributed by atoms with Crippen LogP contribution in [-0.2, 0) is 19.9 Å². The van der Waals surface area contributed by atoms with E-state index >= 15 is 0 Å². The van der Waals surface area contributed by atoms with Gasteiger partial charge in [-0.25, -0.2) is 4.39 Å². The molecule has 3 rings (SSSR count). The Morgan fingerprint density at radius 2 is 1.89 bits per heavy atom. The van der Waals surface area contributed by atoms with Crippen LogP contribution in [0.2, 0.25) is 0 Å². The zero-order valence-electron chi connectivity index (χ0n) is 14.5. The molecule has 142 valence electrons. The van der Waals surface area contributed by atoms with Crippen LogP contribution in [0.25, 0.3) is 11.0 Å². The number of benzene rings is 1. The van der Waals surface area contributed by atoms with Gasteiger partial charge in [0.15, 0.2) is 6.29 Å². The second-order valence-corrected chi connectivity index (χ2v) is 6.28. The van der Waals surface area contributed by atoms with Crippen LogP contribution in [0.15, 0.2) is 41.3 Å². The Balaban J connectivity index is 0.00000280. The van der Waals surface area contributed by atoms with Gasteiger partial charge in [-0.2, -0.15) is 0 Å². The summed E-state index contributed by atoms with van der Waals surface area (Å²) in [4.78, 5) is 28.6. The number of carbonyl (C=O) groups is 1. The number of carbonyl (C=O) groups excluding carboxylic acids is 1. The number of aliphatic hydroxyl groups is 2. The summed E-state index contributed by atoms with van der Waals surface area (Å²) in [6, 6.07) is 7.76. The minimum absolute atomic E-state index is 0. The number of hydrogen-bond donors (Lipinski definition) is 3.